The van der Waals surface area contributed by atoms with Gasteiger partial charge in [0.15, 0.2) is 0 Å². The maximum Gasteiger partial charge on any atom is 0.261 e. The van der Waals surface area contributed by atoms with Crippen LogP contribution < -0.4 is 10.0 Å². The molecule has 0 aliphatic rings. The number of amides is 1. The second-order valence-corrected chi connectivity index (χ2v) is 8.28. The number of hydrogen-bond acceptors (Lipinski definition) is 3. The monoisotopic (exact) mass is 346 g/mol. The summed E-state index contributed by atoms with van der Waals surface area (Å²) in [6.45, 7) is 7.40. The molecule has 128 valence electrons. The van der Waals surface area contributed by atoms with E-state index in [1.54, 1.807) is 43.3 Å². The fraction of sp³-hybridized carbons (Fsp3) is 0.278. The van der Waals surface area contributed by atoms with E-state index in [0.717, 1.165) is 0 Å². The Morgan fingerprint density at radius 1 is 0.958 bits per heavy atom. The van der Waals surface area contributed by atoms with Crippen LogP contribution in [-0.2, 0) is 10.0 Å². The third-order valence-electron chi connectivity index (χ3n) is 3.36. The average Bonchev–Trinajstić information content (AvgIpc) is 2.48. The van der Waals surface area contributed by atoms with E-state index in [2.05, 4.69) is 10.0 Å². The highest BCUT2D eigenvalue weighted by Crippen LogP contribution is 2.23. The third kappa shape index (κ3) is 4.35. The van der Waals surface area contributed by atoms with Gasteiger partial charge in [0.1, 0.15) is 0 Å². The number of nitrogens with one attached hydrogen (secondary N) is 2. The van der Waals surface area contributed by atoms with E-state index < -0.39 is 10.0 Å². The summed E-state index contributed by atoms with van der Waals surface area (Å²) in [7, 11) is -3.70. The lowest BCUT2D eigenvalue weighted by molar-refractivity contribution is 0.0919. The van der Waals surface area contributed by atoms with Crippen LogP contribution in [0.15, 0.2) is 53.4 Å². The fourth-order valence-corrected chi connectivity index (χ4v) is 3.35. The number of carbonyl (C=O) groups excluding carboxylic acids is 1. The first-order valence-corrected chi connectivity index (χ1v) is 9.08. The zero-order chi connectivity index (χ0) is 18.0. The normalized spacial score (nSPS) is 11.8. The summed E-state index contributed by atoms with van der Waals surface area (Å²) in [5.41, 5.74) is 1.04. The Balaban J connectivity index is 2.33. The first-order chi connectivity index (χ1) is 11.1. The summed E-state index contributed by atoms with van der Waals surface area (Å²) >= 11 is 0. The van der Waals surface area contributed by atoms with Gasteiger partial charge in [-0.15, -0.1) is 0 Å². The van der Waals surface area contributed by atoms with Gasteiger partial charge in [0.05, 0.1) is 10.6 Å². The smallest absolute Gasteiger partial charge is 0.261 e. The van der Waals surface area contributed by atoms with Crippen LogP contribution in [0.4, 0.5) is 5.69 Å². The van der Waals surface area contributed by atoms with Crippen LogP contribution in [-0.4, -0.2) is 19.9 Å². The fourth-order valence-electron chi connectivity index (χ4n) is 2.20. The number of sulfonamides is 1. The van der Waals surface area contributed by atoms with Gasteiger partial charge in [0, 0.05) is 11.1 Å². The maximum absolute atomic E-state index is 12.5. The Bertz CT molecular complexity index is 838. The first kappa shape index (κ1) is 18.0. The predicted molar refractivity (Wildman–Crippen MR) is 95.6 cm³/mol. The van der Waals surface area contributed by atoms with Crippen molar-refractivity contribution in [1.29, 1.82) is 0 Å². The highest BCUT2D eigenvalue weighted by molar-refractivity contribution is 7.92. The minimum Gasteiger partial charge on any atom is -0.347 e. The van der Waals surface area contributed by atoms with Crippen molar-refractivity contribution in [2.45, 2.75) is 38.1 Å². The van der Waals surface area contributed by atoms with E-state index in [1.807, 2.05) is 20.8 Å². The SMILES string of the molecule is Cc1c(NS(=O)(=O)c2ccccc2)cccc1C(=O)NC(C)(C)C. The molecule has 2 N–H and O–H groups in total. The lowest BCUT2D eigenvalue weighted by Gasteiger charge is -2.22. The Morgan fingerprint density at radius 2 is 1.58 bits per heavy atom. The zero-order valence-electron chi connectivity index (χ0n) is 14.3. The summed E-state index contributed by atoms with van der Waals surface area (Å²) in [6.07, 6.45) is 0. The van der Waals surface area contributed by atoms with Crippen molar-refractivity contribution >= 4 is 21.6 Å². The number of benzene rings is 2. The minimum atomic E-state index is -3.70. The molecule has 0 aromatic heterocycles. The molecule has 0 atom stereocenters. The van der Waals surface area contributed by atoms with Gasteiger partial charge in [-0.05, 0) is 57.5 Å². The van der Waals surface area contributed by atoms with Gasteiger partial charge in [-0.1, -0.05) is 24.3 Å². The second kappa shape index (κ2) is 6.65. The molecule has 5 nitrogen and oxygen atoms in total. The zero-order valence-corrected chi connectivity index (χ0v) is 15.1. The van der Waals surface area contributed by atoms with E-state index in [4.69, 9.17) is 0 Å². The van der Waals surface area contributed by atoms with E-state index >= 15 is 0 Å². The van der Waals surface area contributed by atoms with Gasteiger partial charge >= 0.3 is 0 Å². The molecule has 0 aliphatic heterocycles. The molecule has 0 bridgehead atoms. The van der Waals surface area contributed by atoms with Gasteiger partial charge in [-0.3, -0.25) is 9.52 Å². The van der Waals surface area contributed by atoms with Crippen LogP contribution in [0.1, 0.15) is 36.7 Å². The molecular formula is C18H22N2O3S. The number of rotatable bonds is 4. The van der Waals surface area contributed by atoms with Gasteiger partial charge in [0.25, 0.3) is 15.9 Å². The molecular weight excluding hydrogens is 324 g/mol. The van der Waals surface area contributed by atoms with Gasteiger partial charge in [-0.25, -0.2) is 8.42 Å². The molecule has 2 aromatic rings. The minimum absolute atomic E-state index is 0.175. The summed E-state index contributed by atoms with van der Waals surface area (Å²) in [5.74, 6) is -0.235. The van der Waals surface area contributed by atoms with Crippen LogP contribution >= 0.6 is 0 Å². The molecule has 0 unspecified atom stereocenters. The topological polar surface area (TPSA) is 75.3 Å². The third-order valence-corrected chi connectivity index (χ3v) is 4.75. The average molecular weight is 346 g/mol. The van der Waals surface area contributed by atoms with Gasteiger partial charge in [0.2, 0.25) is 0 Å². The van der Waals surface area contributed by atoms with E-state index in [0.29, 0.717) is 16.8 Å². The van der Waals surface area contributed by atoms with Crippen LogP contribution in [0.25, 0.3) is 0 Å². The molecule has 6 heteroatoms. The lowest BCUT2D eigenvalue weighted by Crippen LogP contribution is -2.40. The molecule has 2 aromatic carbocycles. The van der Waals surface area contributed by atoms with Crippen molar-refractivity contribution in [2.24, 2.45) is 0 Å². The molecule has 0 spiro atoms. The van der Waals surface area contributed by atoms with Crippen molar-refractivity contribution in [2.75, 3.05) is 4.72 Å². The van der Waals surface area contributed by atoms with Crippen molar-refractivity contribution < 1.29 is 13.2 Å². The van der Waals surface area contributed by atoms with E-state index in [-0.39, 0.29) is 16.3 Å². The van der Waals surface area contributed by atoms with Crippen molar-refractivity contribution in [3.8, 4) is 0 Å². The second-order valence-electron chi connectivity index (χ2n) is 6.60. The van der Waals surface area contributed by atoms with Crippen molar-refractivity contribution in [1.82, 2.24) is 5.32 Å². The standard InChI is InChI=1S/C18H22N2O3S/c1-13-15(17(21)19-18(2,3)4)11-8-12-16(13)20-24(22,23)14-9-6-5-7-10-14/h5-12,20H,1-4H3,(H,19,21). The van der Waals surface area contributed by atoms with E-state index in [9.17, 15) is 13.2 Å². The van der Waals surface area contributed by atoms with Gasteiger partial charge < -0.3 is 5.32 Å². The molecule has 24 heavy (non-hydrogen) atoms. The summed E-state index contributed by atoms with van der Waals surface area (Å²) in [4.78, 5) is 12.6. The summed E-state index contributed by atoms with van der Waals surface area (Å²) in [5, 5.41) is 2.88. The number of carbonyl (C=O) groups is 1. The molecule has 0 aliphatic carbocycles. The van der Waals surface area contributed by atoms with Crippen LogP contribution in [0.5, 0.6) is 0 Å². The Morgan fingerprint density at radius 3 is 2.17 bits per heavy atom. The molecule has 0 saturated heterocycles. The lowest BCUT2D eigenvalue weighted by atomic mass is 10.0. The Labute approximate surface area is 143 Å². The summed E-state index contributed by atoms with van der Waals surface area (Å²) in [6, 6.07) is 13.1. The Hall–Kier alpha value is -2.34. The highest BCUT2D eigenvalue weighted by Gasteiger charge is 2.20. The largest absolute Gasteiger partial charge is 0.347 e. The molecule has 0 heterocycles. The quantitative estimate of drug-likeness (QED) is 0.892. The van der Waals surface area contributed by atoms with Crippen LogP contribution in [0.3, 0.4) is 0 Å². The highest BCUT2D eigenvalue weighted by atomic mass is 32.2. The maximum atomic E-state index is 12.5. The van der Waals surface area contributed by atoms with Crippen molar-refractivity contribution in [3.05, 3.63) is 59.7 Å². The number of anilines is 1. The van der Waals surface area contributed by atoms with Crippen molar-refractivity contribution in [3.63, 3.8) is 0 Å². The first-order valence-electron chi connectivity index (χ1n) is 7.60. The van der Waals surface area contributed by atoms with E-state index in [1.165, 1.54) is 12.1 Å². The molecule has 0 fully saturated rings. The molecule has 2 rings (SSSR count). The number of hydrogen-bond donors (Lipinski definition) is 2. The van der Waals surface area contributed by atoms with Gasteiger partial charge in [-0.2, -0.15) is 0 Å². The molecule has 0 saturated carbocycles. The van der Waals surface area contributed by atoms with Crippen LogP contribution in [0.2, 0.25) is 0 Å². The van der Waals surface area contributed by atoms with Crippen LogP contribution in [0, 0.1) is 6.92 Å². The Kier molecular flexibility index (Phi) is 4.99. The molecule has 0 radical (unpaired) electrons. The molecule has 1 amide bonds. The predicted octanol–water partition coefficient (Wildman–Crippen LogP) is 3.32. The summed E-state index contributed by atoms with van der Waals surface area (Å²) < 4.78 is 27.5.